The largest absolute Gasteiger partial charge is 0.465 e. The topological polar surface area (TPSA) is 68.6 Å². The van der Waals surface area contributed by atoms with Crippen molar-refractivity contribution in [2.75, 3.05) is 12.0 Å². The van der Waals surface area contributed by atoms with Gasteiger partial charge in [-0.25, -0.2) is 4.79 Å². The first-order valence-electron chi connectivity index (χ1n) is 12.8. The molecule has 0 bridgehead atoms. The molecule has 3 aromatic carbocycles. The monoisotopic (exact) mass is 546 g/mol. The fourth-order valence-electron chi connectivity index (χ4n) is 5.00. The fourth-order valence-corrected chi connectivity index (χ4v) is 5.35. The molecule has 0 saturated carbocycles. The van der Waals surface area contributed by atoms with E-state index in [4.69, 9.17) is 21.7 Å². The van der Waals surface area contributed by atoms with Crippen LogP contribution >= 0.6 is 12.2 Å². The Morgan fingerprint density at radius 3 is 2.38 bits per heavy atom. The van der Waals surface area contributed by atoms with Gasteiger partial charge < -0.3 is 24.3 Å². The molecule has 0 spiro atoms. The summed E-state index contributed by atoms with van der Waals surface area (Å²) in [5.41, 5.74) is 4.09. The van der Waals surface area contributed by atoms with Gasteiger partial charge in [0.05, 0.1) is 24.4 Å². The van der Waals surface area contributed by atoms with Crippen molar-refractivity contribution in [2.24, 2.45) is 0 Å². The fraction of sp³-hybridized carbons (Fsp3) is 0.0938. The standard InChI is InChI=1S/C32H26N4O3S/c1-38-31(37)22-9-7-10-24(21-22)35-20-8-14-28(35)30-29(27-13-5-6-19-33-27)34-32(40)36(30)23-15-17-26(18-16-23)39-25-11-3-2-4-12-25/h2-21,29-30H,1H3,(H,34,40). The number of carbonyl (C=O) groups excluding carboxylic acids is 1. The normalized spacial score (nSPS) is 16.4. The number of thiocarbonyl (C=S) groups is 1. The molecule has 0 amide bonds. The number of para-hydroxylation sites is 1. The summed E-state index contributed by atoms with van der Waals surface area (Å²) in [6.45, 7) is 0. The first-order chi connectivity index (χ1) is 19.6. The van der Waals surface area contributed by atoms with E-state index < -0.39 is 0 Å². The number of hydrogen-bond acceptors (Lipinski definition) is 5. The minimum Gasteiger partial charge on any atom is -0.465 e. The number of anilines is 1. The highest BCUT2D eigenvalue weighted by Crippen LogP contribution is 2.42. The lowest BCUT2D eigenvalue weighted by molar-refractivity contribution is 0.0600. The molecule has 2 unspecified atom stereocenters. The van der Waals surface area contributed by atoms with E-state index in [0.29, 0.717) is 10.7 Å². The van der Waals surface area contributed by atoms with Gasteiger partial charge in [-0.2, -0.15) is 0 Å². The summed E-state index contributed by atoms with van der Waals surface area (Å²) in [7, 11) is 1.38. The minimum atomic E-state index is -0.384. The van der Waals surface area contributed by atoms with Gasteiger partial charge in [-0.1, -0.05) is 30.3 Å². The molecule has 1 N–H and O–H groups in total. The number of ether oxygens (including phenoxy) is 2. The van der Waals surface area contributed by atoms with E-state index in [9.17, 15) is 4.79 Å². The van der Waals surface area contributed by atoms with Crippen LogP contribution in [0.15, 0.2) is 122 Å². The Balaban J connectivity index is 1.41. The Kier molecular flexibility index (Phi) is 6.99. The summed E-state index contributed by atoms with van der Waals surface area (Å²) < 4.78 is 13.0. The molecule has 8 heteroatoms. The molecule has 2 aromatic heterocycles. The number of esters is 1. The summed E-state index contributed by atoms with van der Waals surface area (Å²) in [5, 5.41) is 4.10. The Hall–Kier alpha value is -4.95. The number of pyridine rings is 1. The zero-order valence-electron chi connectivity index (χ0n) is 21.7. The third kappa shape index (κ3) is 4.92. The molecular formula is C32H26N4O3S. The van der Waals surface area contributed by atoms with Crippen molar-refractivity contribution in [3.05, 3.63) is 139 Å². The Morgan fingerprint density at radius 2 is 1.62 bits per heavy atom. The number of nitrogens with zero attached hydrogens (tertiary/aromatic N) is 3. The third-order valence-electron chi connectivity index (χ3n) is 6.82. The smallest absolute Gasteiger partial charge is 0.337 e. The lowest BCUT2D eigenvalue weighted by Crippen LogP contribution is -2.30. The van der Waals surface area contributed by atoms with Crippen molar-refractivity contribution in [3.63, 3.8) is 0 Å². The van der Waals surface area contributed by atoms with E-state index >= 15 is 0 Å². The van der Waals surface area contributed by atoms with Gasteiger partial charge in [-0.05, 0) is 91.1 Å². The first-order valence-corrected chi connectivity index (χ1v) is 13.2. The van der Waals surface area contributed by atoms with Crippen LogP contribution in [0.3, 0.4) is 0 Å². The molecule has 0 radical (unpaired) electrons. The Bertz CT molecular complexity index is 1640. The zero-order valence-corrected chi connectivity index (χ0v) is 22.5. The van der Waals surface area contributed by atoms with Gasteiger partial charge in [-0.15, -0.1) is 0 Å². The van der Waals surface area contributed by atoms with Gasteiger partial charge in [0.15, 0.2) is 5.11 Å². The highest BCUT2D eigenvalue weighted by atomic mass is 32.1. The van der Waals surface area contributed by atoms with E-state index in [1.807, 2.05) is 103 Å². The summed E-state index contributed by atoms with van der Waals surface area (Å²) >= 11 is 5.90. The van der Waals surface area contributed by atoms with Gasteiger partial charge in [-0.3, -0.25) is 4.98 Å². The predicted molar refractivity (Wildman–Crippen MR) is 158 cm³/mol. The summed E-state index contributed by atoms with van der Waals surface area (Å²) in [5.74, 6) is 1.12. The van der Waals surface area contributed by atoms with Crippen molar-refractivity contribution in [1.82, 2.24) is 14.9 Å². The van der Waals surface area contributed by atoms with Crippen LogP contribution in [0.5, 0.6) is 11.5 Å². The van der Waals surface area contributed by atoms with Crippen molar-refractivity contribution in [1.29, 1.82) is 0 Å². The number of aromatic nitrogens is 2. The minimum absolute atomic E-state index is 0.216. The summed E-state index contributed by atoms with van der Waals surface area (Å²) in [6.07, 6.45) is 3.77. The van der Waals surface area contributed by atoms with Crippen LogP contribution in [0.1, 0.15) is 33.8 Å². The van der Waals surface area contributed by atoms with Crippen LogP contribution in [0.25, 0.3) is 5.69 Å². The average molecular weight is 547 g/mol. The van der Waals surface area contributed by atoms with E-state index in [1.54, 1.807) is 12.3 Å². The van der Waals surface area contributed by atoms with Crippen molar-refractivity contribution >= 4 is 29.0 Å². The second-order valence-electron chi connectivity index (χ2n) is 9.25. The summed E-state index contributed by atoms with van der Waals surface area (Å²) in [6, 6.07) is 34.4. The molecule has 1 aliphatic heterocycles. The number of methoxy groups -OCH3 is 1. The van der Waals surface area contributed by atoms with E-state index in [2.05, 4.69) is 25.8 Å². The average Bonchev–Trinajstić information content (AvgIpc) is 3.62. The van der Waals surface area contributed by atoms with Crippen molar-refractivity contribution < 1.29 is 14.3 Å². The van der Waals surface area contributed by atoms with Gasteiger partial charge in [0, 0.05) is 29.5 Å². The second kappa shape index (κ2) is 11.0. The molecule has 0 aliphatic carbocycles. The molecule has 6 rings (SSSR count). The van der Waals surface area contributed by atoms with Crippen molar-refractivity contribution in [2.45, 2.75) is 12.1 Å². The van der Waals surface area contributed by atoms with Gasteiger partial charge in [0.2, 0.25) is 0 Å². The maximum Gasteiger partial charge on any atom is 0.337 e. The predicted octanol–water partition coefficient (Wildman–Crippen LogP) is 6.63. The molecule has 1 fully saturated rings. The maximum absolute atomic E-state index is 12.3. The number of rotatable bonds is 7. The molecular weight excluding hydrogens is 520 g/mol. The van der Waals surface area contributed by atoms with E-state index in [0.717, 1.165) is 34.3 Å². The number of hydrogen-bond donors (Lipinski definition) is 1. The SMILES string of the molecule is COC(=O)c1cccc(-n2cccc2C2C(c3ccccn3)NC(=S)N2c2ccc(Oc3ccccc3)cc2)c1. The summed E-state index contributed by atoms with van der Waals surface area (Å²) in [4.78, 5) is 19.0. The van der Waals surface area contributed by atoms with E-state index in [-0.39, 0.29) is 18.1 Å². The van der Waals surface area contributed by atoms with E-state index in [1.165, 1.54) is 7.11 Å². The lowest BCUT2D eigenvalue weighted by atomic mass is 10.0. The van der Waals surface area contributed by atoms with Crippen LogP contribution in [-0.2, 0) is 4.74 Å². The quantitative estimate of drug-likeness (QED) is 0.182. The highest BCUT2D eigenvalue weighted by molar-refractivity contribution is 7.80. The maximum atomic E-state index is 12.3. The third-order valence-corrected chi connectivity index (χ3v) is 7.14. The number of carbonyl (C=O) groups is 1. The number of nitrogens with one attached hydrogen (secondary N) is 1. The molecule has 198 valence electrons. The molecule has 3 heterocycles. The van der Waals surface area contributed by atoms with Crippen LogP contribution in [0.2, 0.25) is 0 Å². The molecule has 1 saturated heterocycles. The van der Waals surface area contributed by atoms with Crippen LogP contribution < -0.4 is 15.0 Å². The first kappa shape index (κ1) is 25.3. The molecule has 2 atom stereocenters. The highest BCUT2D eigenvalue weighted by Gasteiger charge is 2.42. The van der Waals surface area contributed by atoms with Crippen molar-refractivity contribution in [3.8, 4) is 17.2 Å². The number of benzene rings is 3. The Labute approximate surface area is 237 Å². The molecule has 5 aromatic rings. The molecule has 1 aliphatic rings. The van der Waals surface area contributed by atoms with Crippen LogP contribution in [0.4, 0.5) is 5.69 Å². The molecule has 7 nitrogen and oxygen atoms in total. The van der Waals surface area contributed by atoms with Gasteiger partial charge >= 0.3 is 5.97 Å². The van der Waals surface area contributed by atoms with Gasteiger partial charge in [0.25, 0.3) is 0 Å². The van der Waals surface area contributed by atoms with Gasteiger partial charge in [0.1, 0.15) is 17.5 Å². The second-order valence-corrected chi connectivity index (χ2v) is 9.64. The lowest BCUT2D eigenvalue weighted by Gasteiger charge is -2.29. The zero-order chi connectivity index (χ0) is 27.5. The Morgan fingerprint density at radius 1 is 0.850 bits per heavy atom. The molecule has 40 heavy (non-hydrogen) atoms. The van der Waals surface area contributed by atoms with Crippen LogP contribution in [0, 0.1) is 0 Å². The van der Waals surface area contributed by atoms with Crippen LogP contribution in [-0.4, -0.2) is 27.7 Å².